The van der Waals surface area contributed by atoms with E-state index in [0.29, 0.717) is 0 Å². The van der Waals surface area contributed by atoms with Gasteiger partial charge in [0.2, 0.25) is 0 Å². The Balaban J connectivity index is 1.02. The Kier molecular flexibility index (Phi) is 6.27. The molecule has 8 aromatic rings. The summed E-state index contributed by atoms with van der Waals surface area (Å²) in [5.74, 6) is 0. The monoisotopic (exact) mass is 598 g/mol. The first-order valence-corrected chi connectivity index (χ1v) is 16.5. The molecule has 0 aromatic heterocycles. The normalized spacial score (nSPS) is 13.1. The van der Waals surface area contributed by atoms with Gasteiger partial charge in [-0.05, 0) is 119 Å². The van der Waals surface area contributed by atoms with Crippen LogP contribution in [0.5, 0.6) is 0 Å². The van der Waals surface area contributed by atoms with Crippen molar-refractivity contribution < 1.29 is 0 Å². The molecule has 9 rings (SSSR count). The molecular formula is C47H34. The standard InChI is InChI=1S/C47H34/c1-47(2)45-29-41(34-14-12-33(13-15-34)31-8-4-3-5-9-31)22-24-43(45)44-25-23-42(30-46(44)47)40-21-20-38-27-37(18-19-39(38)28-40)36-17-16-32-10-6-7-11-35(32)26-36/h3-30H,1-2H3. The van der Waals surface area contributed by atoms with Crippen LogP contribution in [0.4, 0.5) is 0 Å². The van der Waals surface area contributed by atoms with Crippen LogP contribution >= 0.6 is 0 Å². The maximum Gasteiger partial charge on any atom is 0.0159 e. The molecule has 0 saturated heterocycles. The van der Waals surface area contributed by atoms with Gasteiger partial charge in [-0.15, -0.1) is 0 Å². The minimum atomic E-state index is -0.0910. The molecule has 0 heteroatoms. The lowest BCUT2D eigenvalue weighted by Gasteiger charge is -2.22. The maximum absolute atomic E-state index is 2.42. The third kappa shape index (κ3) is 4.68. The highest BCUT2D eigenvalue weighted by atomic mass is 14.4. The van der Waals surface area contributed by atoms with Gasteiger partial charge in [0.25, 0.3) is 0 Å². The highest BCUT2D eigenvalue weighted by Gasteiger charge is 2.35. The summed E-state index contributed by atoms with van der Waals surface area (Å²) in [4.78, 5) is 0. The fourth-order valence-electron chi connectivity index (χ4n) is 7.56. The summed E-state index contributed by atoms with van der Waals surface area (Å²) in [7, 11) is 0. The molecule has 0 saturated carbocycles. The molecule has 1 aliphatic rings. The van der Waals surface area contributed by atoms with E-state index in [2.05, 4.69) is 184 Å². The van der Waals surface area contributed by atoms with Crippen LogP contribution in [0.25, 0.3) is 77.2 Å². The Bertz CT molecular complexity index is 2460. The van der Waals surface area contributed by atoms with Crippen LogP contribution in [0.1, 0.15) is 25.0 Å². The van der Waals surface area contributed by atoms with E-state index in [1.165, 1.54) is 88.3 Å². The summed E-state index contributed by atoms with van der Waals surface area (Å²) in [6, 6.07) is 62.7. The smallest absolute Gasteiger partial charge is 0.0159 e. The van der Waals surface area contributed by atoms with Crippen LogP contribution in [-0.2, 0) is 5.41 Å². The molecule has 0 bridgehead atoms. The zero-order valence-corrected chi connectivity index (χ0v) is 26.7. The molecule has 0 nitrogen and oxygen atoms in total. The van der Waals surface area contributed by atoms with Gasteiger partial charge >= 0.3 is 0 Å². The van der Waals surface area contributed by atoms with Crippen LogP contribution in [0.15, 0.2) is 170 Å². The highest BCUT2D eigenvalue weighted by molar-refractivity contribution is 5.94. The van der Waals surface area contributed by atoms with E-state index in [-0.39, 0.29) is 5.41 Å². The van der Waals surface area contributed by atoms with Gasteiger partial charge in [-0.3, -0.25) is 0 Å². The number of hydrogen-bond acceptors (Lipinski definition) is 0. The second-order valence-corrected chi connectivity index (χ2v) is 13.4. The van der Waals surface area contributed by atoms with E-state index < -0.39 is 0 Å². The first-order valence-electron chi connectivity index (χ1n) is 16.5. The van der Waals surface area contributed by atoms with E-state index in [0.717, 1.165) is 0 Å². The molecule has 0 heterocycles. The highest BCUT2D eigenvalue weighted by Crippen LogP contribution is 2.50. The molecule has 0 aliphatic heterocycles. The molecule has 0 amide bonds. The maximum atomic E-state index is 2.42. The van der Waals surface area contributed by atoms with E-state index in [1.54, 1.807) is 0 Å². The second-order valence-electron chi connectivity index (χ2n) is 13.4. The Morgan fingerprint density at radius 2 is 0.617 bits per heavy atom. The van der Waals surface area contributed by atoms with E-state index in [1.807, 2.05) is 0 Å². The lowest BCUT2D eigenvalue weighted by atomic mass is 9.80. The van der Waals surface area contributed by atoms with Crippen molar-refractivity contribution in [1.82, 2.24) is 0 Å². The van der Waals surface area contributed by atoms with Gasteiger partial charge in [0.05, 0.1) is 0 Å². The molecule has 0 atom stereocenters. The largest absolute Gasteiger partial charge is 0.0622 e. The molecule has 0 unspecified atom stereocenters. The van der Waals surface area contributed by atoms with Gasteiger partial charge in [-0.2, -0.15) is 0 Å². The SMILES string of the molecule is CC1(C)c2cc(-c3ccc(-c4ccccc4)cc3)ccc2-c2ccc(-c3ccc4cc(-c5ccc6ccccc6c5)ccc4c3)cc21. The summed E-state index contributed by atoms with van der Waals surface area (Å²) >= 11 is 0. The summed E-state index contributed by atoms with van der Waals surface area (Å²) in [6.45, 7) is 4.75. The molecular weight excluding hydrogens is 565 g/mol. The van der Waals surface area contributed by atoms with Crippen LogP contribution in [-0.4, -0.2) is 0 Å². The van der Waals surface area contributed by atoms with Crippen LogP contribution in [0.3, 0.4) is 0 Å². The first kappa shape index (κ1) is 27.6. The lowest BCUT2D eigenvalue weighted by Crippen LogP contribution is -2.15. The Morgan fingerprint density at radius 3 is 1.17 bits per heavy atom. The van der Waals surface area contributed by atoms with Crippen LogP contribution in [0, 0.1) is 0 Å². The van der Waals surface area contributed by atoms with E-state index in [9.17, 15) is 0 Å². The zero-order chi connectivity index (χ0) is 31.5. The van der Waals surface area contributed by atoms with Gasteiger partial charge in [-0.1, -0.05) is 153 Å². The average molecular weight is 599 g/mol. The fraction of sp³-hybridized carbons (Fsp3) is 0.0638. The topological polar surface area (TPSA) is 0 Å². The van der Waals surface area contributed by atoms with Gasteiger partial charge in [-0.25, -0.2) is 0 Å². The van der Waals surface area contributed by atoms with Crippen molar-refractivity contribution in [1.29, 1.82) is 0 Å². The van der Waals surface area contributed by atoms with Crippen molar-refractivity contribution in [2.24, 2.45) is 0 Å². The predicted octanol–water partition coefficient (Wildman–Crippen LogP) is 13.0. The molecule has 222 valence electrons. The van der Waals surface area contributed by atoms with Crippen molar-refractivity contribution in [3.63, 3.8) is 0 Å². The van der Waals surface area contributed by atoms with Crippen molar-refractivity contribution in [3.05, 3.63) is 181 Å². The molecule has 0 radical (unpaired) electrons. The van der Waals surface area contributed by atoms with Crippen molar-refractivity contribution in [2.45, 2.75) is 19.3 Å². The minimum absolute atomic E-state index is 0.0910. The summed E-state index contributed by atoms with van der Waals surface area (Å²) in [5.41, 5.74) is 15.4. The molecule has 8 aromatic carbocycles. The minimum Gasteiger partial charge on any atom is -0.0622 e. The molecule has 0 N–H and O–H groups in total. The van der Waals surface area contributed by atoms with Gasteiger partial charge in [0.15, 0.2) is 0 Å². The summed E-state index contributed by atoms with van der Waals surface area (Å²) < 4.78 is 0. The van der Waals surface area contributed by atoms with Gasteiger partial charge < -0.3 is 0 Å². The second kappa shape index (κ2) is 10.7. The predicted molar refractivity (Wildman–Crippen MR) is 201 cm³/mol. The van der Waals surface area contributed by atoms with Crippen molar-refractivity contribution in [3.8, 4) is 55.6 Å². The Labute approximate surface area is 276 Å². The molecule has 0 spiro atoms. The number of benzene rings is 8. The number of rotatable bonds is 4. The fourth-order valence-corrected chi connectivity index (χ4v) is 7.56. The quantitative estimate of drug-likeness (QED) is 0.189. The van der Waals surface area contributed by atoms with Gasteiger partial charge in [0.1, 0.15) is 0 Å². The number of fused-ring (bicyclic) bond motifs is 5. The van der Waals surface area contributed by atoms with Crippen LogP contribution < -0.4 is 0 Å². The summed E-state index contributed by atoms with van der Waals surface area (Å²) in [6.07, 6.45) is 0. The van der Waals surface area contributed by atoms with E-state index in [4.69, 9.17) is 0 Å². The van der Waals surface area contributed by atoms with Gasteiger partial charge in [0, 0.05) is 5.41 Å². The summed E-state index contributed by atoms with van der Waals surface area (Å²) in [5, 5.41) is 5.07. The van der Waals surface area contributed by atoms with Crippen molar-refractivity contribution in [2.75, 3.05) is 0 Å². The Morgan fingerprint density at radius 1 is 0.277 bits per heavy atom. The zero-order valence-electron chi connectivity index (χ0n) is 26.7. The third-order valence-corrected chi connectivity index (χ3v) is 10.3. The third-order valence-electron chi connectivity index (χ3n) is 10.3. The van der Waals surface area contributed by atoms with Crippen molar-refractivity contribution >= 4 is 21.5 Å². The van der Waals surface area contributed by atoms with E-state index >= 15 is 0 Å². The lowest BCUT2D eigenvalue weighted by molar-refractivity contribution is 0.661. The Hall–Kier alpha value is -5.72. The number of hydrogen-bond donors (Lipinski definition) is 0. The molecule has 0 fully saturated rings. The molecule has 1 aliphatic carbocycles. The first-order chi connectivity index (χ1) is 23.0. The van der Waals surface area contributed by atoms with Crippen LogP contribution in [0.2, 0.25) is 0 Å². The average Bonchev–Trinajstić information content (AvgIpc) is 3.36. The molecule has 47 heavy (non-hydrogen) atoms.